The van der Waals surface area contributed by atoms with Gasteiger partial charge in [0.25, 0.3) is 5.91 Å². The molecule has 0 heterocycles. The molecule has 2 saturated carbocycles. The Hall–Kier alpha value is -0.610. The summed E-state index contributed by atoms with van der Waals surface area (Å²) in [6, 6.07) is 0. The third-order valence-corrected chi connectivity index (χ3v) is 4.95. The van der Waals surface area contributed by atoms with Crippen molar-refractivity contribution in [3.8, 4) is 0 Å². The molecule has 0 radical (unpaired) electrons. The average Bonchev–Trinajstić information content (AvgIpc) is 2.47. The molecule has 2 aliphatic rings. The normalized spacial score (nSPS) is 23.9. The van der Waals surface area contributed by atoms with E-state index >= 15 is 0 Å². The van der Waals surface area contributed by atoms with Gasteiger partial charge in [0.15, 0.2) is 0 Å². The van der Waals surface area contributed by atoms with E-state index in [1.54, 1.807) is 0 Å². The second kappa shape index (κ2) is 6.02. The third kappa shape index (κ3) is 2.54. The SMILES string of the molecule is NNC(=O)C(O)(C1CCCCC1)C1CCCCC1. The maximum Gasteiger partial charge on any atom is 0.266 e. The molecule has 0 aromatic carbocycles. The first-order valence-corrected chi connectivity index (χ1v) is 7.43. The van der Waals surface area contributed by atoms with Crippen molar-refractivity contribution < 1.29 is 9.90 Å². The van der Waals surface area contributed by atoms with Gasteiger partial charge in [-0.15, -0.1) is 0 Å². The van der Waals surface area contributed by atoms with Crippen molar-refractivity contribution in [3.05, 3.63) is 0 Å². The molecular formula is C14H26N2O2. The minimum Gasteiger partial charge on any atom is -0.379 e. The van der Waals surface area contributed by atoms with E-state index in [1.807, 2.05) is 0 Å². The lowest BCUT2D eigenvalue weighted by Gasteiger charge is -2.43. The molecule has 0 aromatic rings. The van der Waals surface area contributed by atoms with Gasteiger partial charge in [0.2, 0.25) is 0 Å². The van der Waals surface area contributed by atoms with Gasteiger partial charge in [-0.2, -0.15) is 0 Å². The molecule has 0 bridgehead atoms. The molecule has 0 unspecified atom stereocenters. The van der Waals surface area contributed by atoms with Gasteiger partial charge in [-0.3, -0.25) is 10.2 Å². The first-order valence-electron chi connectivity index (χ1n) is 7.43. The van der Waals surface area contributed by atoms with Crippen molar-refractivity contribution in [3.63, 3.8) is 0 Å². The maximum atomic E-state index is 12.1. The molecule has 18 heavy (non-hydrogen) atoms. The minimum absolute atomic E-state index is 0.0953. The highest BCUT2D eigenvalue weighted by Crippen LogP contribution is 2.42. The zero-order valence-corrected chi connectivity index (χ0v) is 11.2. The van der Waals surface area contributed by atoms with Gasteiger partial charge in [-0.25, -0.2) is 5.84 Å². The summed E-state index contributed by atoms with van der Waals surface area (Å²) in [5.74, 6) is 5.14. The first-order chi connectivity index (χ1) is 8.69. The van der Waals surface area contributed by atoms with Crippen LogP contribution in [0.2, 0.25) is 0 Å². The fourth-order valence-electron chi connectivity index (χ4n) is 3.91. The quantitative estimate of drug-likeness (QED) is 0.409. The van der Waals surface area contributed by atoms with Crippen molar-refractivity contribution in [1.29, 1.82) is 0 Å². The highest BCUT2D eigenvalue weighted by molar-refractivity contribution is 5.85. The molecule has 0 atom stereocenters. The number of hydrazine groups is 1. The van der Waals surface area contributed by atoms with Crippen LogP contribution in [0.15, 0.2) is 0 Å². The second-order valence-corrected chi connectivity index (χ2v) is 5.97. The molecule has 2 rings (SSSR count). The van der Waals surface area contributed by atoms with Crippen molar-refractivity contribution in [1.82, 2.24) is 5.43 Å². The van der Waals surface area contributed by atoms with E-state index in [4.69, 9.17) is 5.84 Å². The van der Waals surface area contributed by atoms with Gasteiger partial charge < -0.3 is 5.11 Å². The van der Waals surface area contributed by atoms with Gasteiger partial charge in [0.1, 0.15) is 5.60 Å². The Morgan fingerprint density at radius 3 is 1.67 bits per heavy atom. The molecule has 1 amide bonds. The molecule has 0 spiro atoms. The van der Waals surface area contributed by atoms with E-state index in [0.29, 0.717) is 0 Å². The highest BCUT2D eigenvalue weighted by atomic mass is 16.3. The number of nitrogens with two attached hydrogens (primary N) is 1. The average molecular weight is 254 g/mol. The molecule has 0 aromatic heterocycles. The lowest BCUT2D eigenvalue weighted by atomic mass is 9.66. The van der Waals surface area contributed by atoms with Crippen LogP contribution in [0.5, 0.6) is 0 Å². The topological polar surface area (TPSA) is 75.3 Å². The fourth-order valence-corrected chi connectivity index (χ4v) is 3.91. The van der Waals surface area contributed by atoms with Crippen LogP contribution in [-0.2, 0) is 4.79 Å². The molecule has 4 N–H and O–H groups in total. The van der Waals surface area contributed by atoms with Crippen LogP contribution >= 0.6 is 0 Å². The number of carbonyl (C=O) groups excluding carboxylic acids is 1. The Kier molecular flexibility index (Phi) is 4.62. The van der Waals surface area contributed by atoms with Crippen molar-refractivity contribution in [2.24, 2.45) is 17.7 Å². The van der Waals surface area contributed by atoms with Crippen LogP contribution in [0, 0.1) is 11.8 Å². The van der Waals surface area contributed by atoms with Crippen LogP contribution in [-0.4, -0.2) is 16.6 Å². The second-order valence-electron chi connectivity index (χ2n) is 5.97. The lowest BCUT2D eigenvalue weighted by molar-refractivity contribution is -0.159. The summed E-state index contributed by atoms with van der Waals surface area (Å²) in [6.07, 6.45) is 10.8. The molecule has 4 heteroatoms. The van der Waals surface area contributed by atoms with Crippen molar-refractivity contribution in [2.45, 2.75) is 69.8 Å². The Morgan fingerprint density at radius 2 is 1.33 bits per heavy atom. The number of hydrogen-bond acceptors (Lipinski definition) is 3. The largest absolute Gasteiger partial charge is 0.379 e. The van der Waals surface area contributed by atoms with Crippen LogP contribution < -0.4 is 11.3 Å². The first kappa shape index (κ1) is 13.8. The summed E-state index contributed by atoms with van der Waals surface area (Å²) in [7, 11) is 0. The Bertz CT molecular complexity index is 264. The molecule has 0 aliphatic heterocycles. The van der Waals surface area contributed by atoms with Gasteiger partial charge in [-0.05, 0) is 37.5 Å². The monoisotopic (exact) mass is 254 g/mol. The van der Waals surface area contributed by atoms with E-state index in [-0.39, 0.29) is 17.7 Å². The molecule has 2 aliphatic carbocycles. The summed E-state index contributed by atoms with van der Waals surface area (Å²) < 4.78 is 0. The summed E-state index contributed by atoms with van der Waals surface area (Å²) in [4.78, 5) is 12.1. The molecule has 104 valence electrons. The van der Waals surface area contributed by atoms with Crippen molar-refractivity contribution >= 4 is 5.91 Å². The fraction of sp³-hybridized carbons (Fsp3) is 0.929. The van der Waals surface area contributed by atoms with Crippen LogP contribution in [0.3, 0.4) is 0 Å². The number of amides is 1. The Morgan fingerprint density at radius 1 is 0.944 bits per heavy atom. The highest BCUT2D eigenvalue weighted by Gasteiger charge is 2.49. The molecule has 0 saturated heterocycles. The standard InChI is InChI=1S/C14H26N2O2/c15-16-13(17)14(18,11-7-3-1-4-8-11)12-9-5-2-6-10-12/h11-12,18H,1-10,15H2,(H,16,17). The third-order valence-electron chi connectivity index (χ3n) is 4.95. The van der Waals surface area contributed by atoms with Crippen LogP contribution in [0.25, 0.3) is 0 Å². The predicted molar refractivity (Wildman–Crippen MR) is 70.4 cm³/mol. The summed E-state index contributed by atoms with van der Waals surface area (Å²) >= 11 is 0. The number of hydrogen-bond donors (Lipinski definition) is 3. The van der Waals surface area contributed by atoms with E-state index in [2.05, 4.69) is 5.43 Å². The summed E-state index contributed by atoms with van der Waals surface area (Å²) in [6.45, 7) is 0. The van der Waals surface area contributed by atoms with Crippen LogP contribution in [0.1, 0.15) is 64.2 Å². The van der Waals surface area contributed by atoms with Crippen molar-refractivity contribution in [2.75, 3.05) is 0 Å². The molecule has 2 fully saturated rings. The predicted octanol–water partition coefficient (Wildman–Crippen LogP) is 1.87. The van der Waals surface area contributed by atoms with Gasteiger partial charge in [0.05, 0.1) is 0 Å². The molecule has 4 nitrogen and oxygen atoms in total. The minimum atomic E-state index is -1.23. The van der Waals surface area contributed by atoms with Gasteiger partial charge in [0, 0.05) is 0 Å². The van der Waals surface area contributed by atoms with Gasteiger partial charge in [-0.1, -0.05) is 38.5 Å². The van der Waals surface area contributed by atoms with Crippen LogP contribution in [0.4, 0.5) is 0 Å². The summed E-state index contributed by atoms with van der Waals surface area (Å²) in [5.41, 5.74) is 0.985. The number of nitrogens with one attached hydrogen (secondary N) is 1. The molecular weight excluding hydrogens is 228 g/mol. The van der Waals surface area contributed by atoms with E-state index < -0.39 is 5.60 Å². The van der Waals surface area contributed by atoms with E-state index in [1.165, 1.54) is 12.8 Å². The van der Waals surface area contributed by atoms with E-state index in [0.717, 1.165) is 51.4 Å². The van der Waals surface area contributed by atoms with E-state index in [9.17, 15) is 9.90 Å². The zero-order chi connectivity index (χ0) is 13.0. The number of carbonyl (C=O) groups is 1. The Balaban J connectivity index is 2.17. The number of aliphatic hydroxyl groups is 1. The van der Waals surface area contributed by atoms with Gasteiger partial charge >= 0.3 is 0 Å². The maximum absolute atomic E-state index is 12.1. The number of rotatable bonds is 3. The summed E-state index contributed by atoms with van der Waals surface area (Å²) in [5, 5.41) is 11.0. The Labute approximate surface area is 109 Å². The lowest BCUT2D eigenvalue weighted by Crippen LogP contribution is -2.59. The zero-order valence-electron chi connectivity index (χ0n) is 11.2. The smallest absolute Gasteiger partial charge is 0.266 e.